The van der Waals surface area contributed by atoms with Crippen molar-refractivity contribution >= 4 is 17.5 Å². The molecule has 1 aromatic rings. The molecule has 8 nitrogen and oxygen atoms in total. The van der Waals surface area contributed by atoms with Crippen LogP contribution in [0.25, 0.3) is 0 Å². The number of ether oxygens (including phenoxy) is 1. The standard InChI is InChI=1S/C20H28N4O4/c1-13-8-14-4-2-3-5-16(14)24(13)20(27)9-17-21-18(10-19(26)22-17)23-6-7-28-15(11-23)12-25/h2-5,13,15,17-18,21,25H,6-12H2,1H3,(H,22,26)/t13-,15?,17?,18?/m0/s1. The van der Waals surface area contributed by atoms with E-state index in [1.165, 1.54) is 5.56 Å². The largest absolute Gasteiger partial charge is 0.394 e. The summed E-state index contributed by atoms with van der Waals surface area (Å²) >= 11 is 0. The molecule has 4 rings (SSSR count). The van der Waals surface area contributed by atoms with E-state index in [4.69, 9.17) is 4.74 Å². The number of hydrogen-bond donors (Lipinski definition) is 3. The molecule has 3 aliphatic heterocycles. The first-order chi connectivity index (χ1) is 13.5. The number of amides is 2. The van der Waals surface area contributed by atoms with Gasteiger partial charge in [0.05, 0.1) is 44.5 Å². The fraction of sp³-hybridized carbons (Fsp3) is 0.600. The zero-order chi connectivity index (χ0) is 19.7. The summed E-state index contributed by atoms with van der Waals surface area (Å²) in [6.45, 7) is 3.80. The Morgan fingerprint density at radius 2 is 2.14 bits per heavy atom. The van der Waals surface area contributed by atoms with Crippen molar-refractivity contribution in [3.05, 3.63) is 29.8 Å². The van der Waals surface area contributed by atoms with Crippen molar-refractivity contribution in [1.29, 1.82) is 0 Å². The topological polar surface area (TPSA) is 94.1 Å². The Bertz CT molecular complexity index is 743. The summed E-state index contributed by atoms with van der Waals surface area (Å²) in [5.41, 5.74) is 2.16. The molecule has 3 heterocycles. The molecule has 8 heteroatoms. The first-order valence-electron chi connectivity index (χ1n) is 9.97. The van der Waals surface area contributed by atoms with Crippen LogP contribution in [0.15, 0.2) is 24.3 Å². The van der Waals surface area contributed by atoms with Gasteiger partial charge >= 0.3 is 0 Å². The first kappa shape index (κ1) is 19.3. The second-order valence-corrected chi connectivity index (χ2v) is 7.83. The zero-order valence-electron chi connectivity index (χ0n) is 16.1. The van der Waals surface area contributed by atoms with Gasteiger partial charge in [-0.05, 0) is 25.0 Å². The molecule has 28 heavy (non-hydrogen) atoms. The zero-order valence-corrected chi connectivity index (χ0v) is 16.1. The number of carbonyl (C=O) groups is 2. The monoisotopic (exact) mass is 388 g/mol. The van der Waals surface area contributed by atoms with Crippen LogP contribution < -0.4 is 15.5 Å². The lowest BCUT2D eigenvalue weighted by Crippen LogP contribution is -2.64. The average Bonchev–Trinajstić information content (AvgIpc) is 3.03. The van der Waals surface area contributed by atoms with E-state index >= 15 is 0 Å². The van der Waals surface area contributed by atoms with Gasteiger partial charge in [-0.2, -0.15) is 0 Å². The highest BCUT2D eigenvalue weighted by Crippen LogP contribution is 2.32. The summed E-state index contributed by atoms with van der Waals surface area (Å²) < 4.78 is 5.50. The SMILES string of the molecule is C[C@H]1Cc2ccccc2N1C(=O)CC1NC(=O)CC(N2CCOC(CO)C2)N1. The van der Waals surface area contributed by atoms with Gasteiger partial charge in [-0.1, -0.05) is 18.2 Å². The number of aliphatic hydroxyl groups is 1. The molecule has 2 fully saturated rings. The number of hydrogen-bond acceptors (Lipinski definition) is 6. The minimum Gasteiger partial charge on any atom is -0.394 e. The lowest BCUT2D eigenvalue weighted by atomic mass is 10.1. The van der Waals surface area contributed by atoms with Gasteiger partial charge in [0.2, 0.25) is 11.8 Å². The number of nitrogens with zero attached hydrogens (tertiary/aromatic N) is 2. The van der Waals surface area contributed by atoms with Gasteiger partial charge in [-0.3, -0.25) is 19.8 Å². The van der Waals surface area contributed by atoms with E-state index in [0.717, 1.165) is 12.1 Å². The predicted octanol–water partition coefficient (Wildman–Crippen LogP) is -0.191. The minimum atomic E-state index is -0.408. The van der Waals surface area contributed by atoms with Gasteiger partial charge in [0, 0.05) is 24.8 Å². The normalized spacial score (nSPS) is 30.8. The van der Waals surface area contributed by atoms with E-state index in [-0.39, 0.29) is 43.2 Å². The molecule has 2 saturated heterocycles. The molecule has 0 saturated carbocycles. The molecule has 3 N–H and O–H groups in total. The fourth-order valence-corrected chi connectivity index (χ4v) is 4.46. The maximum absolute atomic E-state index is 13.0. The Hall–Kier alpha value is -2.00. The van der Waals surface area contributed by atoms with Crippen molar-refractivity contribution in [3.63, 3.8) is 0 Å². The van der Waals surface area contributed by atoms with E-state index in [1.54, 1.807) is 0 Å². The van der Waals surface area contributed by atoms with E-state index in [2.05, 4.69) is 28.5 Å². The van der Waals surface area contributed by atoms with Crippen LogP contribution in [0.2, 0.25) is 0 Å². The molecule has 0 aliphatic carbocycles. The van der Waals surface area contributed by atoms with Crippen LogP contribution in [0.3, 0.4) is 0 Å². The highest BCUT2D eigenvalue weighted by molar-refractivity contribution is 5.96. The third-order valence-electron chi connectivity index (χ3n) is 5.78. The summed E-state index contributed by atoms with van der Waals surface area (Å²) in [7, 11) is 0. The second kappa shape index (κ2) is 8.16. The molecule has 0 bridgehead atoms. The van der Waals surface area contributed by atoms with Crippen LogP contribution in [-0.2, 0) is 20.7 Å². The molecule has 0 spiro atoms. The van der Waals surface area contributed by atoms with Gasteiger partial charge in [0.1, 0.15) is 0 Å². The van der Waals surface area contributed by atoms with Crippen LogP contribution in [0.4, 0.5) is 5.69 Å². The number of carbonyl (C=O) groups excluding carboxylic acids is 2. The summed E-state index contributed by atoms with van der Waals surface area (Å²) in [5.74, 6) is -0.0606. The fourth-order valence-electron chi connectivity index (χ4n) is 4.46. The molecule has 2 amide bonds. The quantitative estimate of drug-likeness (QED) is 0.662. The molecular formula is C20H28N4O4. The Morgan fingerprint density at radius 3 is 2.96 bits per heavy atom. The van der Waals surface area contributed by atoms with E-state index in [0.29, 0.717) is 26.1 Å². The van der Waals surface area contributed by atoms with Crippen molar-refractivity contribution in [2.45, 2.75) is 50.7 Å². The molecule has 4 atom stereocenters. The molecule has 1 aromatic carbocycles. The van der Waals surface area contributed by atoms with Gasteiger partial charge < -0.3 is 20.1 Å². The van der Waals surface area contributed by atoms with Crippen molar-refractivity contribution in [2.75, 3.05) is 31.2 Å². The van der Waals surface area contributed by atoms with Gasteiger partial charge in [0.25, 0.3) is 0 Å². The van der Waals surface area contributed by atoms with E-state index in [1.807, 2.05) is 23.1 Å². The smallest absolute Gasteiger partial charge is 0.230 e. The van der Waals surface area contributed by atoms with Crippen LogP contribution in [-0.4, -0.2) is 72.6 Å². The summed E-state index contributed by atoms with van der Waals surface area (Å²) in [6.07, 6.45) is 0.579. The second-order valence-electron chi connectivity index (χ2n) is 7.83. The molecular weight excluding hydrogens is 360 g/mol. The Balaban J connectivity index is 1.41. The van der Waals surface area contributed by atoms with Crippen molar-refractivity contribution in [3.8, 4) is 0 Å². The summed E-state index contributed by atoms with van der Waals surface area (Å²) in [4.78, 5) is 29.3. The number of nitrogens with one attached hydrogen (secondary N) is 2. The Labute approximate surface area is 164 Å². The van der Waals surface area contributed by atoms with Crippen molar-refractivity contribution in [1.82, 2.24) is 15.5 Å². The van der Waals surface area contributed by atoms with Crippen LogP contribution in [0.5, 0.6) is 0 Å². The van der Waals surface area contributed by atoms with Gasteiger partial charge in [-0.25, -0.2) is 0 Å². The minimum absolute atomic E-state index is 0.00566. The molecule has 0 aromatic heterocycles. The molecule has 3 aliphatic rings. The lowest BCUT2D eigenvalue weighted by Gasteiger charge is -2.42. The number of morpholine rings is 1. The van der Waals surface area contributed by atoms with Gasteiger partial charge in [0.15, 0.2) is 0 Å². The average molecular weight is 388 g/mol. The number of aliphatic hydroxyl groups excluding tert-OH is 1. The third-order valence-corrected chi connectivity index (χ3v) is 5.78. The first-order valence-corrected chi connectivity index (χ1v) is 9.97. The highest BCUT2D eigenvalue weighted by atomic mass is 16.5. The number of rotatable bonds is 4. The number of anilines is 1. The number of para-hydroxylation sites is 1. The van der Waals surface area contributed by atoms with E-state index < -0.39 is 6.17 Å². The van der Waals surface area contributed by atoms with Crippen molar-refractivity contribution < 1.29 is 19.4 Å². The third kappa shape index (κ3) is 3.91. The molecule has 152 valence electrons. The highest BCUT2D eigenvalue weighted by Gasteiger charge is 2.36. The van der Waals surface area contributed by atoms with E-state index in [9.17, 15) is 14.7 Å². The maximum Gasteiger partial charge on any atom is 0.230 e. The Kier molecular flexibility index (Phi) is 5.63. The lowest BCUT2D eigenvalue weighted by molar-refractivity contribution is -0.130. The van der Waals surface area contributed by atoms with Crippen LogP contribution in [0, 0.1) is 0 Å². The molecule has 0 radical (unpaired) electrons. The van der Waals surface area contributed by atoms with Gasteiger partial charge in [-0.15, -0.1) is 0 Å². The van der Waals surface area contributed by atoms with Crippen LogP contribution in [0.1, 0.15) is 25.3 Å². The summed E-state index contributed by atoms with van der Waals surface area (Å²) in [6, 6.07) is 8.10. The Morgan fingerprint density at radius 1 is 1.32 bits per heavy atom. The van der Waals surface area contributed by atoms with Crippen LogP contribution >= 0.6 is 0 Å². The predicted molar refractivity (Wildman–Crippen MR) is 104 cm³/mol. The van der Waals surface area contributed by atoms with Crippen molar-refractivity contribution in [2.24, 2.45) is 0 Å². The number of fused-ring (bicyclic) bond motifs is 1. The maximum atomic E-state index is 13.0. The molecule has 3 unspecified atom stereocenters. The number of benzene rings is 1. The summed E-state index contributed by atoms with van der Waals surface area (Å²) in [5, 5.41) is 15.7.